The van der Waals surface area contributed by atoms with Crippen molar-refractivity contribution in [3.8, 4) is 17.1 Å². The van der Waals surface area contributed by atoms with E-state index in [0.717, 1.165) is 42.8 Å². The lowest BCUT2D eigenvalue weighted by atomic mass is 10.1. The molecule has 1 saturated heterocycles. The van der Waals surface area contributed by atoms with Crippen LogP contribution in [0.25, 0.3) is 11.4 Å². The Bertz CT molecular complexity index is 1210. The summed E-state index contributed by atoms with van der Waals surface area (Å²) in [5, 5.41) is 11.4. The lowest BCUT2D eigenvalue weighted by Gasteiger charge is -2.21. The molecule has 2 heterocycles. The van der Waals surface area contributed by atoms with Crippen molar-refractivity contribution in [3.05, 3.63) is 65.0 Å². The Morgan fingerprint density at radius 2 is 1.78 bits per heavy atom. The molecule has 1 atom stereocenters. The Morgan fingerprint density at radius 3 is 2.39 bits per heavy atom. The number of ether oxygens (including phenoxy) is 1. The van der Waals surface area contributed by atoms with E-state index in [-0.39, 0.29) is 47.8 Å². The van der Waals surface area contributed by atoms with E-state index in [2.05, 4.69) is 10.1 Å². The minimum Gasteiger partial charge on any atom is -0.488 e. The molecule has 0 radical (unpaired) electrons. The summed E-state index contributed by atoms with van der Waals surface area (Å²) in [7, 11) is 0. The number of likely N-dealkylation sites (tertiary alicyclic amines) is 1. The number of nitrogens with one attached hydrogen (secondary N) is 1. The van der Waals surface area contributed by atoms with Gasteiger partial charge in [-0.1, -0.05) is 17.3 Å². The Kier molecular flexibility index (Phi) is 7.72. The van der Waals surface area contributed by atoms with Crippen LogP contribution < -0.4 is 10.5 Å². The number of nitrogens with zero attached hydrogens (tertiary/aromatic N) is 3. The number of rotatable bonds is 5. The molecule has 14 heteroatoms. The molecule has 3 aromatic rings. The van der Waals surface area contributed by atoms with Crippen molar-refractivity contribution in [1.82, 2.24) is 15.0 Å². The van der Waals surface area contributed by atoms with Crippen molar-refractivity contribution in [1.29, 1.82) is 5.41 Å². The van der Waals surface area contributed by atoms with Gasteiger partial charge in [0.1, 0.15) is 18.4 Å². The van der Waals surface area contributed by atoms with Gasteiger partial charge in [0, 0.05) is 12.1 Å². The first kappa shape index (κ1) is 27.1. The van der Waals surface area contributed by atoms with Gasteiger partial charge in [0.2, 0.25) is 11.7 Å². The summed E-state index contributed by atoms with van der Waals surface area (Å²) in [5.41, 5.74) is 3.88. The summed E-state index contributed by atoms with van der Waals surface area (Å²) < 4.78 is 89.8. The monoisotopic (exact) mass is 535 g/mol. The number of nitrogens with two attached hydrogens (primary N) is 1. The van der Waals surface area contributed by atoms with Gasteiger partial charge >= 0.3 is 12.4 Å². The quantitative estimate of drug-likeness (QED) is 0.243. The molecule has 0 bridgehead atoms. The zero-order chi connectivity index (χ0) is 25.4. The second-order valence-electron chi connectivity index (χ2n) is 7.88. The number of halogens is 7. The smallest absolute Gasteiger partial charge is 0.419 e. The van der Waals surface area contributed by atoms with E-state index >= 15 is 0 Å². The molecule has 0 saturated carbocycles. The first-order valence-corrected chi connectivity index (χ1v) is 10.4. The lowest BCUT2D eigenvalue weighted by molar-refractivity contribution is -0.139. The average molecular weight is 536 g/mol. The van der Waals surface area contributed by atoms with Crippen LogP contribution in [0.2, 0.25) is 0 Å². The average Bonchev–Trinajstić information content (AvgIpc) is 3.46. The fourth-order valence-electron chi connectivity index (χ4n) is 3.77. The highest BCUT2D eigenvalue weighted by molar-refractivity contribution is 5.85. The minimum atomic E-state index is -4.78. The first-order chi connectivity index (χ1) is 16.4. The van der Waals surface area contributed by atoms with Gasteiger partial charge in [-0.15, -0.1) is 12.4 Å². The van der Waals surface area contributed by atoms with Crippen molar-refractivity contribution in [2.45, 2.75) is 37.8 Å². The number of aromatic nitrogens is 2. The van der Waals surface area contributed by atoms with Crippen LogP contribution in [0.4, 0.5) is 26.3 Å². The van der Waals surface area contributed by atoms with E-state index in [1.807, 2.05) is 0 Å². The number of alkyl halides is 6. The van der Waals surface area contributed by atoms with Crippen molar-refractivity contribution < 1.29 is 35.6 Å². The largest absolute Gasteiger partial charge is 0.488 e. The molecule has 0 amide bonds. The predicted molar refractivity (Wildman–Crippen MR) is 118 cm³/mol. The maximum Gasteiger partial charge on any atom is 0.419 e. The summed E-state index contributed by atoms with van der Waals surface area (Å²) in [4.78, 5) is 5.76. The molecular weight excluding hydrogens is 516 g/mol. The van der Waals surface area contributed by atoms with Crippen LogP contribution in [0.5, 0.6) is 5.75 Å². The maximum absolute atomic E-state index is 13.7. The van der Waals surface area contributed by atoms with E-state index in [4.69, 9.17) is 20.4 Å². The SMILES string of the molecule is Cl.N=C(N)N1CCC[C@H]1c1nc(-c2ccc(OCc3ccc(C(F)(F)F)cc3)c(C(F)(F)F)c2)no1. The van der Waals surface area contributed by atoms with Crippen LogP contribution in [-0.2, 0) is 19.0 Å². The van der Waals surface area contributed by atoms with E-state index in [9.17, 15) is 26.3 Å². The normalized spacial score (nSPS) is 16.1. The number of hydrogen-bond acceptors (Lipinski definition) is 5. The molecule has 194 valence electrons. The molecule has 1 aliphatic heterocycles. The summed E-state index contributed by atoms with van der Waals surface area (Å²) in [6.45, 7) is 0.163. The molecule has 1 aliphatic rings. The molecular formula is C22H20ClF6N5O2. The highest BCUT2D eigenvalue weighted by atomic mass is 35.5. The van der Waals surface area contributed by atoms with Crippen LogP contribution >= 0.6 is 12.4 Å². The molecule has 4 rings (SSSR count). The number of guanidine groups is 1. The van der Waals surface area contributed by atoms with Gasteiger partial charge in [-0.3, -0.25) is 5.41 Å². The standard InChI is InChI=1S/C22H19F6N5O2.ClH/c23-21(24,25)14-6-3-12(4-7-14)11-34-17-8-5-13(10-15(17)22(26,27)28)18-31-19(35-32-18)16-2-1-9-33(16)20(29)30;/h3-8,10,16H,1-2,9,11H2,(H3,29,30);1H/t16-;/m0./s1. The zero-order valence-corrected chi connectivity index (χ0v) is 19.2. The summed E-state index contributed by atoms with van der Waals surface area (Å²) >= 11 is 0. The van der Waals surface area contributed by atoms with Gasteiger partial charge < -0.3 is 19.9 Å². The third-order valence-corrected chi connectivity index (χ3v) is 5.51. The Hall–Kier alpha value is -3.48. The highest BCUT2D eigenvalue weighted by Gasteiger charge is 2.36. The van der Waals surface area contributed by atoms with Crippen LogP contribution in [0.3, 0.4) is 0 Å². The molecule has 1 fully saturated rings. The fraction of sp³-hybridized carbons (Fsp3) is 0.318. The molecule has 2 aromatic carbocycles. The van der Waals surface area contributed by atoms with Crippen LogP contribution in [0.1, 0.15) is 41.5 Å². The molecule has 1 aromatic heterocycles. The van der Waals surface area contributed by atoms with Crippen molar-refractivity contribution >= 4 is 18.4 Å². The fourth-order valence-corrected chi connectivity index (χ4v) is 3.77. The predicted octanol–water partition coefficient (Wildman–Crippen LogP) is 5.81. The third kappa shape index (κ3) is 5.83. The topological polar surface area (TPSA) is 101 Å². The lowest BCUT2D eigenvalue weighted by Crippen LogP contribution is -2.35. The number of benzene rings is 2. The molecule has 0 unspecified atom stereocenters. The summed E-state index contributed by atoms with van der Waals surface area (Å²) in [5.74, 6) is -0.594. The van der Waals surface area contributed by atoms with Crippen LogP contribution in [0.15, 0.2) is 47.0 Å². The Balaban J connectivity index is 0.00000361. The molecule has 7 nitrogen and oxygen atoms in total. The molecule has 0 spiro atoms. The van der Waals surface area contributed by atoms with Gasteiger partial charge in [-0.2, -0.15) is 31.3 Å². The van der Waals surface area contributed by atoms with Crippen LogP contribution in [-0.4, -0.2) is 27.5 Å². The third-order valence-electron chi connectivity index (χ3n) is 5.51. The molecule has 36 heavy (non-hydrogen) atoms. The summed E-state index contributed by atoms with van der Waals surface area (Å²) in [6.07, 6.45) is -7.96. The number of hydrogen-bond donors (Lipinski definition) is 2. The zero-order valence-electron chi connectivity index (χ0n) is 18.4. The van der Waals surface area contributed by atoms with Gasteiger partial charge in [-0.05, 0) is 48.7 Å². The first-order valence-electron chi connectivity index (χ1n) is 10.4. The highest BCUT2D eigenvalue weighted by Crippen LogP contribution is 2.39. The molecule has 0 aliphatic carbocycles. The second kappa shape index (κ2) is 10.2. The van der Waals surface area contributed by atoms with Gasteiger partial charge in [-0.25, -0.2) is 0 Å². The molecule has 3 N–H and O–H groups in total. The van der Waals surface area contributed by atoms with Crippen molar-refractivity contribution in [3.63, 3.8) is 0 Å². The van der Waals surface area contributed by atoms with Gasteiger partial charge in [0.25, 0.3) is 0 Å². The second-order valence-corrected chi connectivity index (χ2v) is 7.88. The van der Waals surface area contributed by atoms with E-state index in [1.165, 1.54) is 6.07 Å². The van der Waals surface area contributed by atoms with E-state index in [1.54, 1.807) is 4.90 Å². The van der Waals surface area contributed by atoms with E-state index in [0.29, 0.717) is 13.0 Å². The van der Waals surface area contributed by atoms with Gasteiger partial charge in [0.15, 0.2) is 5.96 Å². The Labute approximate surface area is 207 Å². The van der Waals surface area contributed by atoms with E-state index < -0.39 is 35.3 Å². The van der Waals surface area contributed by atoms with Crippen LogP contribution in [0, 0.1) is 5.41 Å². The maximum atomic E-state index is 13.7. The summed E-state index contributed by atoms with van der Waals surface area (Å²) in [6, 6.07) is 6.74. The van der Waals surface area contributed by atoms with Crippen molar-refractivity contribution in [2.75, 3.05) is 6.54 Å². The Morgan fingerprint density at radius 1 is 1.08 bits per heavy atom. The van der Waals surface area contributed by atoms with Crippen molar-refractivity contribution in [2.24, 2.45) is 5.73 Å². The van der Waals surface area contributed by atoms with Gasteiger partial charge in [0.05, 0.1) is 11.1 Å². The minimum absolute atomic E-state index is 0.